The Morgan fingerprint density at radius 3 is 2.40 bits per heavy atom. The van der Waals surface area contributed by atoms with Gasteiger partial charge >= 0.3 is 5.97 Å². The van der Waals surface area contributed by atoms with Gasteiger partial charge in [-0.3, -0.25) is 0 Å². The molecule has 0 bridgehead atoms. The molecule has 5 nitrogen and oxygen atoms in total. The van der Waals surface area contributed by atoms with Gasteiger partial charge < -0.3 is 18.9 Å². The summed E-state index contributed by atoms with van der Waals surface area (Å²) in [4.78, 5) is 12.7. The third-order valence-electron chi connectivity index (χ3n) is 6.10. The number of hydrogen-bond acceptors (Lipinski definition) is 5. The summed E-state index contributed by atoms with van der Waals surface area (Å²) in [5.74, 6) is -0.189. The van der Waals surface area contributed by atoms with Gasteiger partial charge in [-0.25, -0.2) is 4.79 Å². The molecule has 0 radical (unpaired) electrons. The maximum Gasteiger partial charge on any atom is 0.338 e. The number of rotatable bonds is 13. The first-order chi connectivity index (χ1) is 14.8. The Balaban J connectivity index is 1.25. The van der Waals surface area contributed by atoms with Gasteiger partial charge in [0.2, 0.25) is 0 Å². The number of carbonyl (C=O) groups is 1. The molecule has 0 aromatic heterocycles. The van der Waals surface area contributed by atoms with E-state index in [-0.39, 0.29) is 12.3 Å². The van der Waals surface area contributed by atoms with E-state index >= 15 is 0 Å². The van der Waals surface area contributed by atoms with E-state index in [1.165, 1.54) is 12.8 Å². The summed E-state index contributed by atoms with van der Waals surface area (Å²) in [6, 6.07) is 9.83. The average Bonchev–Trinajstić information content (AvgIpc) is 3.28. The maximum atomic E-state index is 12.7. The molecule has 3 rings (SSSR count). The predicted octanol–water partition coefficient (Wildman–Crippen LogP) is 5.55. The molecule has 5 heteroatoms. The van der Waals surface area contributed by atoms with E-state index in [9.17, 15) is 4.79 Å². The topological polar surface area (TPSA) is 54.0 Å². The van der Waals surface area contributed by atoms with Crippen LogP contribution in [0.2, 0.25) is 0 Å². The summed E-state index contributed by atoms with van der Waals surface area (Å²) >= 11 is 0. The van der Waals surface area contributed by atoms with Gasteiger partial charge in [-0.2, -0.15) is 0 Å². The maximum absolute atomic E-state index is 12.7. The van der Waals surface area contributed by atoms with E-state index < -0.39 is 5.60 Å². The predicted molar refractivity (Wildman–Crippen MR) is 116 cm³/mol. The number of hydrogen-bond donors (Lipinski definition) is 0. The lowest BCUT2D eigenvalue weighted by molar-refractivity contribution is -0.173. The van der Waals surface area contributed by atoms with Crippen molar-refractivity contribution < 1.29 is 23.7 Å². The second kappa shape index (κ2) is 13.1. The minimum Gasteiger partial charge on any atom is -0.459 e. The van der Waals surface area contributed by atoms with E-state index in [4.69, 9.17) is 18.9 Å². The van der Waals surface area contributed by atoms with Crippen LogP contribution in [0.5, 0.6) is 0 Å². The van der Waals surface area contributed by atoms with Crippen LogP contribution in [0.3, 0.4) is 0 Å². The van der Waals surface area contributed by atoms with Crippen molar-refractivity contribution in [2.75, 3.05) is 19.8 Å². The number of benzene rings is 1. The average molecular weight is 419 g/mol. The molecular weight excluding hydrogens is 380 g/mol. The van der Waals surface area contributed by atoms with Crippen LogP contribution in [-0.4, -0.2) is 37.7 Å². The summed E-state index contributed by atoms with van der Waals surface area (Å²) in [6.45, 7) is 2.58. The van der Waals surface area contributed by atoms with Crippen molar-refractivity contribution in [2.24, 2.45) is 0 Å². The third-order valence-corrected chi connectivity index (χ3v) is 6.10. The zero-order valence-electron chi connectivity index (χ0n) is 18.3. The molecule has 30 heavy (non-hydrogen) atoms. The van der Waals surface area contributed by atoms with E-state index in [0.29, 0.717) is 13.2 Å². The number of carbonyl (C=O) groups excluding carboxylic acids is 1. The fraction of sp³-hybridized carbons (Fsp3) is 0.720. The standard InChI is InChI=1S/C25H38O5/c26-24(29-21-22-13-5-4-6-14-22)25(16-8-9-17-25)30-20-11-3-1-2-10-18-27-23-15-7-12-19-28-23/h4-6,13-14,23H,1-3,7-12,15-21H2. The SMILES string of the molecule is O=C(OCc1ccccc1)C1(OCCCCCCCOC2CCCCO2)CCCC1. The van der Waals surface area contributed by atoms with Gasteiger partial charge in [0.1, 0.15) is 6.61 Å². The molecule has 1 aromatic carbocycles. The van der Waals surface area contributed by atoms with Gasteiger partial charge in [-0.05, 0) is 63.4 Å². The molecule has 1 aromatic rings. The van der Waals surface area contributed by atoms with Gasteiger partial charge in [-0.1, -0.05) is 49.6 Å². The molecule has 1 atom stereocenters. The number of esters is 1. The van der Waals surface area contributed by atoms with Gasteiger partial charge in [0.05, 0.1) is 0 Å². The Hall–Kier alpha value is -1.43. The molecule has 2 fully saturated rings. The first-order valence-electron chi connectivity index (χ1n) is 11.9. The minimum atomic E-state index is -0.720. The number of ether oxygens (including phenoxy) is 4. The van der Waals surface area contributed by atoms with Crippen LogP contribution in [-0.2, 0) is 30.3 Å². The van der Waals surface area contributed by atoms with Crippen LogP contribution >= 0.6 is 0 Å². The minimum absolute atomic E-state index is 0.0244. The Labute approximate surface area is 181 Å². The molecule has 0 N–H and O–H groups in total. The van der Waals surface area contributed by atoms with Crippen molar-refractivity contribution in [2.45, 2.75) is 95.5 Å². The van der Waals surface area contributed by atoms with Crippen molar-refractivity contribution in [3.05, 3.63) is 35.9 Å². The zero-order chi connectivity index (χ0) is 20.9. The highest BCUT2D eigenvalue weighted by atomic mass is 16.7. The van der Waals surface area contributed by atoms with Crippen LogP contribution in [0.25, 0.3) is 0 Å². The normalized spacial score (nSPS) is 20.9. The molecule has 1 heterocycles. The first-order valence-corrected chi connectivity index (χ1v) is 11.9. The molecule has 1 saturated heterocycles. The van der Waals surface area contributed by atoms with Gasteiger partial charge in [0, 0.05) is 19.8 Å². The summed E-state index contributed by atoms with van der Waals surface area (Å²) in [6.07, 6.45) is 12.6. The first kappa shape index (κ1) is 23.2. The molecule has 1 saturated carbocycles. The van der Waals surface area contributed by atoms with E-state index in [1.54, 1.807) is 0 Å². The molecular formula is C25H38O5. The summed E-state index contributed by atoms with van der Waals surface area (Å²) < 4.78 is 23.1. The lowest BCUT2D eigenvalue weighted by Gasteiger charge is -2.27. The van der Waals surface area contributed by atoms with Crippen molar-refractivity contribution in [1.29, 1.82) is 0 Å². The summed E-state index contributed by atoms with van der Waals surface area (Å²) in [5, 5.41) is 0. The summed E-state index contributed by atoms with van der Waals surface area (Å²) in [5.41, 5.74) is 0.292. The molecule has 1 aliphatic heterocycles. The Kier molecular flexibility index (Phi) is 10.1. The van der Waals surface area contributed by atoms with E-state index in [2.05, 4.69) is 0 Å². The molecule has 168 valence electrons. The smallest absolute Gasteiger partial charge is 0.338 e. The molecule has 1 aliphatic carbocycles. The van der Waals surface area contributed by atoms with Crippen molar-refractivity contribution >= 4 is 5.97 Å². The third kappa shape index (κ3) is 7.68. The molecule has 1 unspecified atom stereocenters. The lowest BCUT2D eigenvalue weighted by Crippen LogP contribution is -2.40. The molecule has 0 spiro atoms. The van der Waals surface area contributed by atoms with Crippen LogP contribution in [0.4, 0.5) is 0 Å². The van der Waals surface area contributed by atoms with Crippen molar-refractivity contribution in [1.82, 2.24) is 0 Å². The van der Waals surface area contributed by atoms with Crippen LogP contribution in [0.1, 0.15) is 82.6 Å². The second-order valence-corrected chi connectivity index (χ2v) is 8.55. The Bertz CT molecular complexity index is 591. The van der Waals surface area contributed by atoms with Gasteiger partial charge in [-0.15, -0.1) is 0 Å². The molecule has 0 amide bonds. The number of unbranched alkanes of at least 4 members (excludes halogenated alkanes) is 4. The van der Waals surface area contributed by atoms with Gasteiger partial charge in [0.15, 0.2) is 11.9 Å². The highest BCUT2D eigenvalue weighted by molar-refractivity contribution is 5.80. The Morgan fingerprint density at radius 1 is 0.933 bits per heavy atom. The van der Waals surface area contributed by atoms with Crippen molar-refractivity contribution in [3.63, 3.8) is 0 Å². The largest absolute Gasteiger partial charge is 0.459 e. The highest BCUT2D eigenvalue weighted by Crippen LogP contribution is 2.35. The fourth-order valence-corrected chi connectivity index (χ4v) is 4.27. The van der Waals surface area contributed by atoms with Crippen LogP contribution < -0.4 is 0 Å². The van der Waals surface area contributed by atoms with Crippen LogP contribution in [0, 0.1) is 0 Å². The van der Waals surface area contributed by atoms with E-state index in [0.717, 1.165) is 83.0 Å². The van der Waals surface area contributed by atoms with Crippen LogP contribution in [0.15, 0.2) is 30.3 Å². The highest BCUT2D eigenvalue weighted by Gasteiger charge is 2.43. The lowest BCUT2D eigenvalue weighted by atomic mass is 10.0. The zero-order valence-corrected chi connectivity index (χ0v) is 18.3. The van der Waals surface area contributed by atoms with E-state index in [1.807, 2.05) is 30.3 Å². The fourth-order valence-electron chi connectivity index (χ4n) is 4.27. The summed E-state index contributed by atoms with van der Waals surface area (Å²) in [7, 11) is 0. The monoisotopic (exact) mass is 418 g/mol. The second-order valence-electron chi connectivity index (χ2n) is 8.55. The Morgan fingerprint density at radius 2 is 1.67 bits per heavy atom. The quantitative estimate of drug-likeness (QED) is 0.310. The molecule has 2 aliphatic rings. The van der Waals surface area contributed by atoms with Crippen molar-refractivity contribution in [3.8, 4) is 0 Å². The van der Waals surface area contributed by atoms with Gasteiger partial charge in [0.25, 0.3) is 0 Å².